The first-order valence-electron chi connectivity index (χ1n) is 12.5. The Bertz CT molecular complexity index is 829. The van der Waals surface area contributed by atoms with Crippen LogP contribution in [0.25, 0.3) is 0 Å². The van der Waals surface area contributed by atoms with Gasteiger partial charge in [-0.15, -0.1) is 11.8 Å². The molecule has 0 aromatic heterocycles. The molecular weight excluding hydrogens is 490 g/mol. The van der Waals surface area contributed by atoms with E-state index < -0.39 is 28.0 Å². The summed E-state index contributed by atoms with van der Waals surface area (Å²) in [6, 6.07) is -0.835. The molecule has 0 saturated carbocycles. The van der Waals surface area contributed by atoms with Crippen LogP contribution in [0.2, 0.25) is 0 Å². The summed E-state index contributed by atoms with van der Waals surface area (Å²) in [6.45, 7) is 0.772. The number of hydrogen-bond acceptors (Lipinski definition) is 8. The summed E-state index contributed by atoms with van der Waals surface area (Å²) in [5.41, 5.74) is 9.43. The smallest absolute Gasteiger partial charge is 0.331 e. The topological polar surface area (TPSA) is 214 Å². The first kappa shape index (κ1) is 29.8. The Morgan fingerprint density at radius 1 is 1.03 bits per heavy atom. The number of aliphatic carboxylic acids is 2. The van der Waals surface area contributed by atoms with Crippen LogP contribution in [-0.2, 0) is 19.2 Å². The third-order valence-electron chi connectivity index (χ3n) is 6.87. The maximum absolute atomic E-state index is 13.2. The van der Waals surface area contributed by atoms with Gasteiger partial charge < -0.3 is 37.6 Å². The molecule has 2 fully saturated rings. The summed E-state index contributed by atoms with van der Waals surface area (Å²) in [5.74, 6) is -2.32. The third-order valence-corrected chi connectivity index (χ3v) is 8.56. The normalized spacial score (nSPS) is 24.3. The number of hydrogen-bond donors (Lipinski definition) is 7. The second-order valence-electron chi connectivity index (χ2n) is 9.52. The molecule has 0 aliphatic carbocycles. The first-order chi connectivity index (χ1) is 17.1. The Kier molecular flexibility index (Phi) is 11.4. The Morgan fingerprint density at radius 3 is 2.42 bits per heavy atom. The van der Waals surface area contributed by atoms with Gasteiger partial charge in [-0.1, -0.05) is 12.8 Å². The molecule has 4 atom stereocenters. The molecule has 36 heavy (non-hydrogen) atoms. The number of Topliss-reactive ketones (excluding diaryl/α,β-unsaturated/α-hetero) is 1. The predicted octanol–water partition coefficient (Wildman–Crippen LogP) is 0.324. The molecule has 204 valence electrons. The average Bonchev–Trinajstić information content (AvgIpc) is 3.36. The van der Waals surface area contributed by atoms with Gasteiger partial charge in [-0.25, -0.2) is 9.59 Å². The zero-order valence-corrected chi connectivity index (χ0v) is 21.4. The van der Waals surface area contributed by atoms with Crippen molar-refractivity contribution in [3.63, 3.8) is 0 Å². The molecule has 12 nitrogen and oxygen atoms in total. The van der Waals surface area contributed by atoms with Crippen LogP contribution < -0.4 is 27.4 Å². The molecule has 0 spiro atoms. The van der Waals surface area contributed by atoms with Gasteiger partial charge in [0, 0.05) is 25.1 Å². The van der Waals surface area contributed by atoms with Gasteiger partial charge in [0.2, 0.25) is 5.91 Å². The molecule has 13 heteroatoms. The SMILES string of the molecule is NCCCC[C@](N)(C(=O)O)C(=O)CCCCCNC(=O)[C@@]1(CCCCC(=O)O)SC[C@@H]2NC(=O)N[C@@H]21. The molecule has 0 bridgehead atoms. The lowest BCUT2D eigenvalue weighted by molar-refractivity contribution is -0.149. The predicted molar refractivity (Wildman–Crippen MR) is 134 cm³/mol. The van der Waals surface area contributed by atoms with Crippen molar-refractivity contribution in [3.8, 4) is 0 Å². The number of carboxylic acids is 2. The van der Waals surface area contributed by atoms with Crippen LogP contribution in [0.4, 0.5) is 4.79 Å². The van der Waals surface area contributed by atoms with Crippen molar-refractivity contribution in [2.45, 2.75) is 93.0 Å². The summed E-state index contributed by atoms with van der Waals surface area (Å²) in [7, 11) is 0. The van der Waals surface area contributed by atoms with Crippen LogP contribution in [0.3, 0.4) is 0 Å². The van der Waals surface area contributed by atoms with Crippen LogP contribution in [0, 0.1) is 0 Å². The largest absolute Gasteiger partial charge is 0.481 e. The minimum Gasteiger partial charge on any atom is -0.481 e. The highest BCUT2D eigenvalue weighted by atomic mass is 32.2. The Labute approximate surface area is 215 Å². The number of urea groups is 1. The van der Waals surface area contributed by atoms with Crippen molar-refractivity contribution < 1.29 is 34.2 Å². The number of rotatable bonds is 18. The van der Waals surface area contributed by atoms with Gasteiger partial charge in [0.1, 0.15) is 4.75 Å². The summed E-state index contributed by atoms with van der Waals surface area (Å²) in [5, 5.41) is 26.9. The fourth-order valence-corrected chi connectivity index (χ4v) is 6.38. The van der Waals surface area contributed by atoms with Crippen LogP contribution >= 0.6 is 11.8 Å². The number of amides is 3. The Hall–Kier alpha value is -2.38. The zero-order chi connectivity index (χ0) is 26.8. The maximum atomic E-state index is 13.2. The van der Waals surface area contributed by atoms with Crippen LogP contribution in [0.1, 0.15) is 70.6 Å². The lowest BCUT2D eigenvalue weighted by atomic mass is 9.86. The number of unbranched alkanes of at least 4 members (excludes halogenated alkanes) is 4. The van der Waals surface area contributed by atoms with E-state index in [4.69, 9.17) is 16.6 Å². The van der Waals surface area contributed by atoms with Crippen molar-refractivity contribution in [2.75, 3.05) is 18.8 Å². The zero-order valence-electron chi connectivity index (χ0n) is 20.6. The highest BCUT2D eigenvalue weighted by Crippen LogP contribution is 2.44. The molecule has 2 saturated heterocycles. The van der Waals surface area contributed by atoms with Crippen LogP contribution in [-0.4, -0.2) is 81.1 Å². The van der Waals surface area contributed by atoms with Crippen molar-refractivity contribution in [1.82, 2.24) is 16.0 Å². The quantitative estimate of drug-likeness (QED) is 0.0733. The van der Waals surface area contributed by atoms with Crippen molar-refractivity contribution in [3.05, 3.63) is 0 Å². The van der Waals surface area contributed by atoms with E-state index in [-0.39, 0.29) is 43.3 Å². The number of nitrogens with one attached hydrogen (secondary N) is 3. The van der Waals surface area contributed by atoms with E-state index >= 15 is 0 Å². The molecule has 2 aliphatic heterocycles. The highest BCUT2D eigenvalue weighted by molar-refractivity contribution is 8.01. The Morgan fingerprint density at radius 2 is 1.75 bits per heavy atom. The molecule has 3 amide bonds. The minimum absolute atomic E-state index is 0.0266. The molecule has 0 aromatic rings. The van der Waals surface area contributed by atoms with Crippen molar-refractivity contribution in [2.24, 2.45) is 11.5 Å². The summed E-state index contributed by atoms with van der Waals surface area (Å²) < 4.78 is -0.873. The van der Waals surface area contributed by atoms with Crippen molar-refractivity contribution >= 4 is 41.4 Å². The fourth-order valence-electron chi connectivity index (χ4n) is 4.73. The van der Waals surface area contributed by atoms with E-state index in [9.17, 15) is 29.1 Å². The monoisotopic (exact) mass is 529 g/mol. The average molecular weight is 530 g/mol. The lowest BCUT2D eigenvalue weighted by Gasteiger charge is -2.32. The number of fused-ring (bicyclic) bond motifs is 1. The minimum atomic E-state index is -1.90. The summed E-state index contributed by atoms with van der Waals surface area (Å²) in [4.78, 5) is 60.0. The number of carbonyl (C=O) groups is 5. The molecule has 2 heterocycles. The molecule has 9 N–H and O–H groups in total. The number of thioether (sulfide) groups is 1. The molecule has 0 unspecified atom stereocenters. The molecule has 0 radical (unpaired) electrons. The molecule has 2 aliphatic rings. The molecular formula is C23H39N5O7S. The van der Waals surface area contributed by atoms with E-state index in [1.807, 2.05) is 0 Å². The highest BCUT2D eigenvalue weighted by Gasteiger charge is 2.57. The van der Waals surface area contributed by atoms with E-state index in [1.54, 1.807) is 0 Å². The standard InChI is InChI=1S/C23H39N5O7S/c24-12-6-5-10-22(25,20(33)34)16(29)8-2-1-7-13-26-19(32)23(11-4-3-9-17(30)31)18-15(14-36-23)27-21(35)28-18/h15,18H,1-14,24-25H2,(H,26,32)(H,30,31)(H,33,34)(H2,27,28,35)/t15-,18-,22+,23-/m0/s1. The van der Waals surface area contributed by atoms with Gasteiger partial charge in [-0.05, 0) is 51.5 Å². The van der Waals surface area contributed by atoms with Crippen LogP contribution in [0.5, 0.6) is 0 Å². The van der Waals surface area contributed by atoms with Gasteiger partial charge in [0.15, 0.2) is 11.3 Å². The summed E-state index contributed by atoms with van der Waals surface area (Å²) >= 11 is 1.48. The number of ketones is 1. The summed E-state index contributed by atoms with van der Waals surface area (Å²) in [6.07, 6.45) is 4.28. The molecule has 0 aromatic carbocycles. The number of carbonyl (C=O) groups excluding carboxylic acids is 3. The van der Waals surface area contributed by atoms with Crippen molar-refractivity contribution in [1.29, 1.82) is 0 Å². The fraction of sp³-hybridized carbons (Fsp3) is 0.783. The van der Waals surface area contributed by atoms with Gasteiger partial charge in [0.25, 0.3) is 0 Å². The Balaban J connectivity index is 1.82. The van der Waals surface area contributed by atoms with Gasteiger partial charge in [-0.3, -0.25) is 14.4 Å². The maximum Gasteiger partial charge on any atom is 0.331 e. The lowest BCUT2D eigenvalue weighted by Crippen LogP contribution is -2.56. The second kappa shape index (κ2) is 13.8. The number of nitrogens with two attached hydrogens (primary N) is 2. The first-order valence-corrected chi connectivity index (χ1v) is 13.5. The van der Waals surface area contributed by atoms with Gasteiger partial charge in [0.05, 0.1) is 12.1 Å². The van der Waals surface area contributed by atoms with Gasteiger partial charge >= 0.3 is 18.0 Å². The van der Waals surface area contributed by atoms with E-state index in [1.165, 1.54) is 11.8 Å². The van der Waals surface area contributed by atoms with E-state index in [0.717, 1.165) is 0 Å². The third kappa shape index (κ3) is 7.56. The van der Waals surface area contributed by atoms with Gasteiger partial charge in [-0.2, -0.15) is 0 Å². The van der Waals surface area contributed by atoms with E-state index in [0.29, 0.717) is 70.2 Å². The second-order valence-corrected chi connectivity index (χ2v) is 10.9. The number of carboxylic acid groups (broad SMARTS) is 2. The van der Waals surface area contributed by atoms with E-state index in [2.05, 4.69) is 16.0 Å². The molecule has 2 rings (SSSR count). The van der Waals surface area contributed by atoms with Crippen LogP contribution in [0.15, 0.2) is 0 Å².